The molecule has 0 spiro atoms. The van der Waals surface area contributed by atoms with Crippen molar-refractivity contribution >= 4 is 35.4 Å². The molecule has 1 aromatic carbocycles. The molecule has 3 rings (SSSR count). The quantitative estimate of drug-likeness (QED) is 0.394. The van der Waals surface area contributed by atoms with Gasteiger partial charge in [0.2, 0.25) is 12.7 Å². The number of hydrogen-bond donors (Lipinski definition) is 3. The van der Waals surface area contributed by atoms with Crippen LogP contribution in [0.2, 0.25) is 0 Å². The van der Waals surface area contributed by atoms with Crippen molar-refractivity contribution in [3.05, 3.63) is 42.1 Å². The van der Waals surface area contributed by atoms with Crippen molar-refractivity contribution in [3.63, 3.8) is 0 Å². The average Bonchev–Trinajstić information content (AvgIpc) is 3.22. The zero-order valence-corrected chi connectivity index (χ0v) is 19.4. The van der Waals surface area contributed by atoms with Crippen LogP contribution in [0.1, 0.15) is 31.1 Å². The predicted molar refractivity (Wildman–Crippen MR) is 123 cm³/mol. The number of pyridine rings is 1. The highest BCUT2D eigenvalue weighted by atomic mass is 32.2. The van der Waals surface area contributed by atoms with Gasteiger partial charge >= 0.3 is 6.09 Å². The lowest BCUT2D eigenvalue weighted by Crippen LogP contribution is -2.38. The Hall–Kier alpha value is -3.47. The summed E-state index contributed by atoms with van der Waals surface area (Å²) in [6, 6.07) is 8.41. The molecule has 0 unspecified atom stereocenters. The van der Waals surface area contributed by atoms with Gasteiger partial charge in [0.05, 0.1) is 11.3 Å². The summed E-state index contributed by atoms with van der Waals surface area (Å²) in [5.74, 6) is 0.662. The number of nitrogens with one attached hydrogen (secondary N) is 3. The highest BCUT2D eigenvalue weighted by Crippen LogP contribution is 2.34. The van der Waals surface area contributed by atoms with Crippen molar-refractivity contribution in [2.24, 2.45) is 0 Å². The van der Waals surface area contributed by atoms with E-state index in [1.54, 1.807) is 57.3 Å². The number of thioether (sulfide) groups is 1. The van der Waals surface area contributed by atoms with Crippen LogP contribution in [0.4, 0.5) is 10.5 Å². The van der Waals surface area contributed by atoms with E-state index in [4.69, 9.17) is 14.2 Å². The van der Waals surface area contributed by atoms with Gasteiger partial charge in [0.15, 0.2) is 11.5 Å². The SMILES string of the molecule is CC(C)(C)OC(=O)NCCNC(=O)c1cccnc1SCC(=O)Nc1ccc2c(c1)OCO2. The summed E-state index contributed by atoms with van der Waals surface area (Å²) in [5.41, 5.74) is 0.335. The summed E-state index contributed by atoms with van der Waals surface area (Å²) in [4.78, 5) is 40.8. The van der Waals surface area contributed by atoms with Gasteiger partial charge in [-0.1, -0.05) is 11.8 Å². The lowest BCUT2D eigenvalue weighted by Gasteiger charge is -2.19. The number of fused-ring (bicyclic) bond motifs is 1. The molecule has 3 amide bonds. The number of nitrogens with zero attached hydrogens (tertiary/aromatic N) is 1. The van der Waals surface area contributed by atoms with E-state index in [9.17, 15) is 14.4 Å². The summed E-state index contributed by atoms with van der Waals surface area (Å²) in [5, 5.41) is 8.50. The van der Waals surface area contributed by atoms with Gasteiger partial charge in [0.1, 0.15) is 10.6 Å². The number of carbonyl (C=O) groups excluding carboxylic acids is 3. The lowest BCUT2D eigenvalue weighted by molar-refractivity contribution is -0.113. The molecule has 0 aliphatic carbocycles. The van der Waals surface area contributed by atoms with Gasteiger partial charge in [-0.15, -0.1) is 0 Å². The molecule has 11 heteroatoms. The monoisotopic (exact) mass is 474 g/mol. The first-order valence-corrected chi connectivity index (χ1v) is 11.2. The summed E-state index contributed by atoms with van der Waals surface area (Å²) < 4.78 is 15.7. The first kappa shape index (κ1) is 24.2. The van der Waals surface area contributed by atoms with Crippen molar-refractivity contribution in [3.8, 4) is 11.5 Å². The third-order valence-electron chi connectivity index (χ3n) is 4.09. The number of anilines is 1. The summed E-state index contributed by atoms with van der Waals surface area (Å²) in [6.45, 7) is 5.88. The van der Waals surface area contributed by atoms with Crippen LogP contribution in [-0.2, 0) is 9.53 Å². The van der Waals surface area contributed by atoms with Gasteiger partial charge in [-0.05, 0) is 45.0 Å². The number of amides is 3. The molecular weight excluding hydrogens is 448 g/mol. The summed E-state index contributed by atoms with van der Waals surface area (Å²) in [6.07, 6.45) is 1.00. The summed E-state index contributed by atoms with van der Waals surface area (Å²) >= 11 is 1.15. The maximum Gasteiger partial charge on any atom is 0.407 e. The van der Waals surface area contributed by atoms with Crippen LogP contribution in [0.25, 0.3) is 0 Å². The number of hydrogen-bond acceptors (Lipinski definition) is 8. The fourth-order valence-corrected chi connectivity index (χ4v) is 3.53. The molecule has 1 aliphatic heterocycles. The Morgan fingerprint density at radius 3 is 2.64 bits per heavy atom. The Labute approximate surface area is 195 Å². The van der Waals surface area contributed by atoms with Crippen molar-refractivity contribution in [2.45, 2.75) is 31.4 Å². The minimum absolute atomic E-state index is 0.0614. The molecule has 0 atom stereocenters. The van der Waals surface area contributed by atoms with Crippen LogP contribution in [0.3, 0.4) is 0 Å². The third-order valence-corrected chi connectivity index (χ3v) is 5.10. The standard InChI is InChI=1S/C22H26N4O6S/c1-22(2,3)32-21(29)25-10-9-23-19(28)15-5-4-8-24-20(15)33-12-18(27)26-14-6-7-16-17(11-14)31-13-30-16/h4-8,11H,9-10,12-13H2,1-3H3,(H,23,28)(H,25,29)(H,26,27). The Bertz CT molecular complexity index is 1020. The highest BCUT2D eigenvalue weighted by Gasteiger charge is 2.17. The number of carbonyl (C=O) groups is 3. The van der Waals surface area contributed by atoms with Crippen molar-refractivity contribution in [1.29, 1.82) is 0 Å². The Morgan fingerprint density at radius 2 is 1.85 bits per heavy atom. The number of aromatic nitrogens is 1. The number of alkyl carbamates (subject to hydrolysis) is 1. The zero-order valence-electron chi connectivity index (χ0n) is 18.6. The normalized spacial score (nSPS) is 12.1. The Kier molecular flexibility index (Phi) is 7.99. The van der Waals surface area contributed by atoms with E-state index >= 15 is 0 Å². The van der Waals surface area contributed by atoms with Crippen LogP contribution in [0.15, 0.2) is 41.6 Å². The van der Waals surface area contributed by atoms with E-state index in [1.807, 2.05) is 0 Å². The molecule has 176 valence electrons. The topological polar surface area (TPSA) is 128 Å². The maximum atomic E-state index is 12.5. The van der Waals surface area contributed by atoms with Gasteiger partial charge in [-0.25, -0.2) is 9.78 Å². The largest absolute Gasteiger partial charge is 0.454 e. The smallest absolute Gasteiger partial charge is 0.407 e. The molecule has 0 fully saturated rings. The maximum absolute atomic E-state index is 12.5. The summed E-state index contributed by atoms with van der Waals surface area (Å²) in [7, 11) is 0. The molecule has 1 aliphatic rings. The van der Waals surface area contributed by atoms with Gasteiger partial charge in [-0.2, -0.15) is 0 Å². The van der Waals surface area contributed by atoms with Gasteiger partial charge in [-0.3, -0.25) is 9.59 Å². The minimum Gasteiger partial charge on any atom is -0.454 e. The van der Waals surface area contributed by atoms with E-state index in [-0.39, 0.29) is 37.4 Å². The average molecular weight is 475 g/mol. The minimum atomic E-state index is -0.593. The number of benzene rings is 1. The van der Waals surface area contributed by atoms with Crippen LogP contribution >= 0.6 is 11.8 Å². The third kappa shape index (κ3) is 7.56. The molecule has 0 radical (unpaired) electrons. The van der Waals surface area contributed by atoms with Crippen LogP contribution in [-0.4, -0.2) is 54.1 Å². The molecule has 3 N–H and O–H groups in total. The lowest BCUT2D eigenvalue weighted by atomic mass is 10.2. The van der Waals surface area contributed by atoms with Crippen LogP contribution in [0.5, 0.6) is 11.5 Å². The van der Waals surface area contributed by atoms with Crippen molar-refractivity contribution < 1.29 is 28.6 Å². The number of rotatable bonds is 8. The van der Waals surface area contributed by atoms with E-state index in [0.29, 0.717) is 27.8 Å². The fourth-order valence-electron chi connectivity index (χ4n) is 2.73. The van der Waals surface area contributed by atoms with Gasteiger partial charge in [0.25, 0.3) is 5.91 Å². The van der Waals surface area contributed by atoms with Crippen molar-refractivity contribution in [2.75, 3.05) is 31.0 Å². The second-order valence-electron chi connectivity index (χ2n) is 7.95. The zero-order chi connectivity index (χ0) is 23.8. The van der Waals surface area contributed by atoms with Crippen LogP contribution < -0.4 is 25.4 Å². The van der Waals surface area contributed by atoms with E-state index in [0.717, 1.165) is 11.8 Å². The van der Waals surface area contributed by atoms with E-state index < -0.39 is 11.7 Å². The first-order valence-electron chi connectivity index (χ1n) is 10.2. The molecule has 0 saturated heterocycles. The van der Waals surface area contributed by atoms with E-state index in [2.05, 4.69) is 20.9 Å². The van der Waals surface area contributed by atoms with E-state index in [1.165, 1.54) is 0 Å². The Balaban J connectivity index is 1.46. The number of ether oxygens (including phenoxy) is 3. The molecular formula is C22H26N4O6S. The van der Waals surface area contributed by atoms with Crippen LogP contribution in [0, 0.1) is 0 Å². The van der Waals surface area contributed by atoms with Gasteiger partial charge in [0, 0.05) is 31.0 Å². The molecule has 10 nitrogen and oxygen atoms in total. The highest BCUT2D eigenvalue weighted by molar-refractivity contribution is 8.00. The molecule has 2 heterocycles. The second-order valence-corrected chi connectivity index (χ2v) is 8.91. The van der Waals surface area contributed by atoms with Gasteiger partial charge < -0.3 is 30.2 Å². The fraction of sp³-hybridized carbons (Fsp3) is 0.364. The molecule has 0 saturated carbocycles. The first-order chi connectivity index (χ1) is 15.7. The molecule has 0 bridgehead atoms. The molecule has 33 heavy (non-hydrogen) atoms. The second kappa shape index (κ2) is 10.9. The molecule has 2 aromatic rings. The van der Waals surface area contributed by atoms with Crippen molar-refractivity contribution in [1.82, 2.24) is 15.6 Å². The predicted octanol–water partition coefficient (Wildman–Crippen LogP) is 2.80. The Morgan fingerprint density at radius 1 is 1.09 bits per heavy atom. The molecule has 1 aromatic heterocycles.